The van der Waals surface area contributed by atoms with Gasteiger partial charge >= 0.3 is 0 Å². The number of para-hydroxylation sites is 1. The van der Waals surface area contributed by atoms with Gasteiger partial charge in [-0.25, -0.2) is 8.42 Å². The molecular formula is C25H27N3O4S. The predicted molar refractivity (Wildman–Crippen MR) is 134 cm³/mol. The molecule has 1 atom stereocenters. The van der Waals surface area contributed by atoms with E-state index in [2.05, 4.69) is 28.9 Å². The summed E-state index contributed by atoms with van der Waals surface area (Å²) in [4.78, 5) is 13.1. The number of methoxy groups -OCH3 is 1. The van der Waals surface area contributed by atoms with Crippen molar-refractivity contribution in [3.8, 4) is 5.75 Å². The lowest BCUT2D eigenvalue weighted by Crippen LogP contribution is -2.45. The third kappa shape index (κ3) is 4.26. The van der Waals surface area contributed by atoms with Gasteiger partial charge in [-0.3, -0.25) is 9.10 Å². The van der Waals surface area contributed by atoms with Crippen LogP contribution in [0.1, 0.15) is 13.8 Å². The zero-order valence-corrected chi connectivity index (χ0v) is 19.9. The van der Waals surface area contributed by atoms with Gasteiger partial charge in [0.2, 0.25) is 15.9 Å². The number of aryl methyl sites for hydroxylation is 1. The van der Waals surface area contributed by atoms with Gasteiger partial charge in [0.15, 0.2) is 0 Å². The van der Waals surface area contributed by atoms with Crippen molar-refractivity contribution in [1.82, 2.24) is 4.57 Å². The number of sulfonamides is 1. The van der Waals surface area contributed by atoms with Crippen LogP contribution in [0.25, 0.3) is 21.8 Å². The Labute approximate surface area is 193 Å². The maximum Gasteiger partial charge on any atom is 0.247 e. The lowest BCUT2D eigenvalue weighted by molar-refractivity contribution is -0.116. The Morgan fingerprint density at radius 2 is 1.70 bits per heavy atom. The van der Waals surface area contributed by atoms with Gasteiger partial charge in [0, 0.05) is 34.0 Å². The minimum atomic E-state index is -3.71. The van der Waals surface area contributed by atoms with Crippen molar-refractivity contribution in [2.75, 3.05) is 23.0 Å². The number of benzene rings is 3. The molecule has 0 spiro atoms. The number of hydrogen-bond donors (Lipinski definition) is 1. The molecule has 0 unspecified atom stereocenters. The highest BCUT2D eigenvalue weighted by molar-refractivity contribution is 7.92. The predicted octanol–water partition coefficient (Wildman–Crippen LogP) is 4.62. The molecule has 3 aromatic carbocycles. The molecule has 0 saturated carbocycles. The fourth-order valence-corrected chi connectivity index (χ4v) is 5.43. The topological polar surface area (TPSA) is 80.6 Å². The van der Waals surface area contributed by atoms with E-state index >= 15 is 0 Å². The number of ether oxygens (including phenoxy) is 1. The SMILES string of the molecule is CCn1c2ccccc2c2cc(NC(=O)[C@@H](C)N(c3ccc(OC)cc3)S(C)(=O)=O)ccc21. The second kappa shape index (κ2) is 8.78. The maximum atomic E-state index is 13.1. The van der Waals surface area contributed by atoms with E-state index in [9.17, 15) is 13.2 Å². The van der Waals surface area contributed by atoms with Crippen molar-refractivity contribution in [2.24, 2.45) is 0 Å². The summed E-state index contributed by atoms with van der Waals surface area (Å²) >= 11 is 0. The van der Waals surface area contributed by atoms with Crippen molar-refractivity contribution in [3.05, 3.63) is 66.7 Å². The number of hydrogen-bond acceptors (Lipinski definition) is 4. The molecule has 8 heteroatoms. The van der Waals surface area contributed by atoms with Crippen LogP contribution < -0.4 is 14.4 Å². The van der Waals surface area contributed by atoms with Gasteiger partial charge < -0.3 is 14.6 Å². The van der Waals surface area contributed by atoms with Gasteiger partial charge in [-0.2, -0.15) is 0 Å². The molecule has 1 N–H and O–H groups in total. The summed E-state index contributed by atoms with van der Waals surface area (Å²) < 4.78 is 33.6. The van der Waals surface area contributed by atoms with Crippen LogP contribution in [-0.4, -0.2) is 38.3 Å². The number of carbonyl (C=O) groups excluding carboxylic acids is 1. The summed E-state index contributed by atoms with van der Waals surface area (Å²) in [5.41, 5.74) is 3.22. The first-order valence-electron chi connectivity index (χ1n) is 10.7. The Hall–Kier alpha value is -3.52. The van der Waals surface area contributed by atoms with E-state index in [-0.39, 0.29) is 0 Å². The zero-order chi connectivity index (χ0) is 23.8. The number of amides is 1. The maximum absolute atomic E-state index is 13.1. The fourth-order valence-electron chi connectivity index (χ4n) is 4.26. The molecule has 172 valence electrons. The van der Waals surface area contributed by atoms with E-state index in [1.165, 1.54) is 7.11 Å². The monoisotopic (exact) mass is 465 g/mol. The molecule has 4 aromatic rings. The minimum absolute atomic E-state index is 0.391. The summed E-state index contributed by atoms with van der Waals surface area (Å²) in [6, 6.07) is 19.5. The van der Waals surface area contributed by atoms with Gasteiger partial charge in [-0.1, -0.05) is 18.2 Å². The molecule has 1 heterocycles. The Balaban J connectivity index is 1.66. The molecule has 7 nitrogen and oxygen atoms in total. The summed E-state index contributed by atoms with van der Waals surface area (Å²) in [6.07, 6.45) is 1.09. The Kier molecular flexibility index (Phi) is 6.03. The molecule has 0 aliphatic rings. The fraction of sp³-hybridized carbons (Fsp3) is 0.240. The van der Waals surface area contributed by atoms with E-state index < -0.39 is 22.0 Å². The van der Waals surface area contributed by atoms with Crippen LogP contribution in [0.3, 0.4) is 0 Å². The van der Waals surface area contributed by atoms with Crippen molar-refractivity contribution in [2.45, 2.75) is 26.4 Å². The van der Waals surface area contributed by atoms with Gasteiger partial charge in [0.05, 0.1) is 19.1 Å². The Morgan fingerprint density at radius 1 is 1.03 bits per heavy atom. The van der Waals surface area contributed by atoms with E-state index in [0.717, 1.165) is 38.9 Å². The van der Waals surface area contributed by atoms with Crippen LogP contribution in [0.5, 0.6) is 5.75 Å². The van der Waals surface area contributed by atoms with E-state index in [0.29, 0.717) is 17.1 Å². The first-order chi connectivity index (χ1) is 15.7. The third-order valence-electron chi connectivity index (χ3n) is 5.77. The molecule has 4 rings (SSSR count). The number of nitrogens with zero attached hydrogens (tertiary/aromatic N) is 2. The number of nitrogens with one attached hydrogen (secondary N) is 1. The number of rotatable bonds is 7. The van der Waals surface area contributed by atoms with Crippen molar-refractivity contribution < 1.29 is 17.9 Å². The Morgan fingerprint density at radius 3 is 2.33 bits per heavy atom. The second-order valence-electron chi connectivity index (χ2n) is 7.92. The first-order valence-corrected chi connectivity index (χ1v) is 12.5. The smallest absolute Gasteiger partial charge is 0.247 e. The average Bonchev–Trinajstić information content (AvgIpc) is 3.11. The number of anilines is 2. The molecule has 1 aromatic heterocycles. The van der Waals surface area contributed by atoms with E-state index in [1.54, 1.807) is 31.2 Å². The van der Waals surface area contributed by atoms with Gasteiger partial charge in [0.25, 0.3) is 0 Å². The molecule has 0 aliphatic carbocycles. The van der Waals surface area contributed by atoms with Crippen LogP contribution in [0.2, 0.25) is 0 Å². The summed E-state index contributed by atoms with van der Waals surface area (Å²) in [6.45, 7) is 4.50. The lowest BCUT2D eigenvalue weighted by atomic mass is 10.1. The van der Waals surface area contributed by atoms with Crippen LogP contribution in [0.15, 0.2) is 66.7 Å². The summed E-state index contributed by atoms with van der Waals surface area (Å²) in [5.74, 6) is 0.179. The largest absolute Gasteiger partial charge is 0.497 e. The highest BCUT2D eigenvalue weighted by Gasteiger charge is 2.29. The van der Waals surface area contributed by atoms with E-state index in [1.807, 2.05) is 30.3 Å². The van der Waals surface area contributed by atoms with Crippen LogP contribution in [0, 0.1) is 0 Å². The Bertz CT molecular complexity index is 1430. The van der Waals surface area contributed by atoms with Crippen molar-refractivity contribution in [3.63, 3.8) is 0 Å². The molecule has 1 amide bonds. The number of fused-ring (bicyclic) bond motifs is 3. The van der Waals surface area contributed by atoms with Gasteiger partial charge in [-0.15, -0.1) is 0 Å². The molecule has 0 fully saturated rings. The third-order valence-corrected chi connectivity index (χ3v) is 7.01. The molecule has 0 aliphatic heterocycles. The standard InChI is InChI=1S/C25H27N3O4S/c1-5-27-23-9-7-6-8-21(23)22-16-18(10-15-24(22)27)26-25(29)17(2)28(33(4,30)31)19-11-13-20(32-3)14-12-19/h6-17H,5H2,1-4H3,(H,26,29)/t17-/m1/s1. The van der Waals surface area contributed by atoms with Gasteiger partial charge in [-0.05, 0) is 62.4 Å². The molecule has 0 saturated heterocycles. The highest BCUT2D eigenvalue weighted by Crippen LogP contribution is 2.31. The zero-order valence-electron chi connectivity index (χ0n) is 19.1. The second-order valence-corrected chi connectivity index (χ2v) is 9.77. The molecule has 33 heavy (non-hydrogen) atoms. The summed E-state index contributed by atoms with van der Waals surface area (Å²) in [5, 5.41) is 5.03. The number of carbonyl (C=O) groups is 1. The van der Waals surface area contributed by atoms with Crippen molar-refractivity contribution in [1.29, 1.82) is 0 Å². The normalized spacial score (nSPS) is 12.6. The molecular weight excluding hydrogens is 438 g/mol. The minimum Gasteiger partial charge on any atom is -0.497 e. The van der Waals surface area contributed by atoms with Gasteiger partial charge in [0.1, 0.15) is 11.8 Å². The average molecular weight is 466 g/mol. The van der Waals surface area contributed by atoms with Crippen LogP contribution >= 0.6 is 0 Å². The van der Waals surface area contributed by atoms with Crippen LogP contribution in [-0.2, 0) is 21.4 Å². The number of aromatic nitrogens is 1. The highest BCUT2D eigenvalue weighted by atomic mass is 32.2. The van der Waals surface area contributed by atoms with Crippen molar-refractivity contribution >= 4 is 49.1 Å². The first kappa shape index (κ1) is 22.7. The van der Waals surface area contributed by atoms with Crippen LogP contribution in [0.4, 0.5) is 11.4 Å². The lowest BCUT2D eigenvalue weighted by Gasteiger charge is -2.28. The quantitative estimate of drug-likeness (QED) is 0.432. The molecule has 0 bridgehead atoms. The molecule has 0 radical (unpaired) electrons. The van der Waals surface area contributed by atoms with E-state index in [4.69, 9.17) is 4.74 Å². The summed E-state index contributed by atoms with van der Waals surface area (Å²) in [7, 11) is -2.17.